The highest BCUT2D eigenvalue weighted by atomic mass is 19.4. The smallest absolute Gasteiger partial charge is 0.389 e. The first kappa shape index (κ1) is 13.0. The summed E-state index contributed by atoms with van der Waals surface area (Å²) in [6.45, 7) is 0.781. The van der Waals surface area contributed by atoms with Crippen molar-refractivity contribution in [1.29, 1.82) is 0 Å². The van der Waals surface area contributed by atoms with Gasteiger partial charge >= 0.3 is 6.18 Å². The molecule has 0 spiro atoms. The Kier molecular flexibility index (Phi) is 3.91. The fourth-order valence-electron chi connectivity index (χ4n) is 1.75. The fourth-order valence-corrected chi connectivity index (χ4v) is 1.75. The minimum atomic E-state index is -4.07. The molecular weight excluding hydrogens is 243 g/mol. The van der Waals surface area contributed by atoms with Gasteiger partial charge in [0.1, 0.15) is 11.3 Å². The molecule has 0 fully saturated rings. The van der Waals surface area contributed by atoms with Gasteiger partial charge in [0, 0.05) is 11.8 Å². The van der Waals surface area contributed by atoms with E-state index in [1.807, 2.05) is 30.3 Å². The average molecular weight is 257 g/mol. The van der Waals surface area contributed by atoms with E-state index >= 15 is 0 Å². The van der Waals surface area contributed by atoms with Crippen LogP contribution < -0.4 is 5.32 Å². The third-order valence-corrected chi connectivity index (χ3v) is 2.59. The van der Waals surface area contributed by atoms with Gasteiger partial charge in [0.15, 0.2) is 0 Å². The van der Waals surface area contributed by atoms with Crippen LogP contribution in [0.5, 0.6) is 0 Å². The maximum absolute atomic E-state index is 11.9. The summed E-state index contributed by atoms with van der Waals surface area (Å²) in [5.74, 6) is 0.739. The van der Waals surface area contributed by atoms with Gasteiger partial charge in [-0.1, -0.05) is 18.2 Å². The van der Waals surface area contributed by atoms with Crippen LogP contribution in [0.1, 0.15) is 18.6 Å². The van der Waals surface area contributed by atoms with E-state index in [9.17, 15) is 13.2 Å². The highest BCUT2D eigenvalue weighted by Crippen LogP contribution is 2.21. The van der Waals surface area contributed by atoms with Gasteiger partial charge in [-0.25, -0.2) is 0 Å². The molecule has 98 valence electrons. The van der Waals surface area contributed by atoms with E-state index in [1.165, 1.54) is 0 Å². The molecule has 0 saturated carbocycles. The Balaban J connectivity index is 1.77. The summed E-state index contributed by atoms with van der Waals surface area (Å²) in [6.07, 6.45) is -4.73. The van der Waals surface area contributed by atoms with Crippen LogP contribution in [0.3, 0.4) is 0 Å². The Hall–Kier alpha value is -1.49. The van der Waals surface area contributed by atoms with Crippen molar-refractivity contribution in [2.45, 2.75) is 25.6 Å². The molecule has 0 atom stereocenters. The number of nitrogens with one attached hydrogen (secondary N) is 1. The van der Waals surface area contributed by atoms with Crippen LogP contribution in [0.25, 0.3) is 11.0 Å². The van der Waals surface area contributed by atoms with Crippen molar-refractivity contribution in [3.05, 3.63) is 36.1 Å². The maximum atomic E-state index is 11.9. The Morgan fingerprint density at radius 2 is 1.94 bits per heavy atom. The fraction of sp³-hybridized carbons (Fsp3) is 0.385. The minimum Gasteiger partial charge on any atom is -0.460 e. The Morgan fingerprint density at radius 3 is 2.67 bits per heavy atom. The van der Waals surface area contributed by atoms with Crippen molar-refractivity contribution in [2.75, 3.05) is 6.54 Å². The molecule has 0 bridgehead atoms. The van der Waals surface area contributed by atoms with Gasteiger partial charge in [0.2, 0.25) is 0 Å². The molecule has 0 saturated heterocycles. The van der Waals surface area contributed by atoms with E-state index < -0.39 is 12.6 Å². The van der Waals surface area contributed by atoms with Crippen LogP contribution in [0.15, 0.2) is 34.7 Å². The van der Waals surface area contributed by atoms with Gasteiger partial charge in [-0.05, 0) is 25.1 Å². The quantitative estimate of drug-likeness (QED) is 0.823. The summed E-state index contributed by atoms with van der Waals surface area (Å²) >= 11 is 0. The Morgan fingerprint density at radius 1 is 1.17 bits per heavy atom. The summed E-state index contributed by atoms with van der Waals surface area (Å²) in [5, 5.41) is 3.95. The standard InChI is InChI=1S/C13H14F3NO/c14-13(15,16)6-3-7-17-9-11-8-10-4-1-2-5-12(10)18-11/h1-2,4-5,8,17H,3,6-7,9H2. The van der Waals surface area contributed by atoms with Crippen LogP contribution >= 0.6 is 0 Å². The van der Waals surface area contributed by atoms with Gasteiger partial charge in [-0.2, -0.15) is 13.2 Å². The van der Waals surface area contributed by atoms with E-state index in [1.54, 1.807) is 0 Å². The molecule has 2 nitrogen and oxygen atoms in total. The number of furan rings is 1. The lowest BCUT2D eigenvalue weighted by Gasteiger charge is -2.06. The Labute approximate surface area is 103 Å². The molecule has 0 aliphatic heterocycles. The highest BCUT2D eigenvalue weighted by molar-refractivity contribution is 5.77. The van der Waals surface area contributed by atoms with Crippen LogP contribution in [-0.4, -0.2) is 12.7 Å². The van der Waals surface area contributed by atoms with Crippen molar-refractivity contribution in [3.8, 4) is 0 Å². The van der Waals surface area contributed by atoms with Gasteiger partial charge in [-0.3, -0.25) is 0 Å². The summed E-state index contributed by atoms with van der Waals surface area (Å²) < 4.78 is 41.2. The second-order valence-corrected chi connectivity index (χ2v) is 4.15. The average Bonchev–Trinajstić information content (AvgIpc) is 2.69. The van der Waals surface area contributed by atoms with Crippen LogP contribution in [-0.2, 0) is 6.54 Å². The number of alkyl halides is 3. The lowest BCUT2D eigenvalue weighted by atomic mass is 10.2. The highest BCUT2D eigenvalue weighted by Gasteiger charge is 2.25. The first-order valence-electron chi connectivity index (χ1n) is 5.79. The van der Waals surface area contributed by atoms with Crippen LogP contribution in [0.4, 0.5) is 13.2 Å². The van der Waals surface area contributed by atoms with E-state index in [-0.39, 0.29) is 6.42 Å². The van der Waals surface area contributed by atoms with E-state index in [2.05, 4.69) is 5.32 Å². The second-order valence-electron chi connectivity index (χ2n) is 4.15. The van der Waals surface area contributed by atoms with Gasteiger partial charge < -0.3 is 9.73 Å². The third kappa shape index (κ3) is 3.77. The van der Waals surface area contributed by atoms with Crippen molar-refractivity contribution in [3.63, 3.8) is 0 Å². The molecule has 1 heterocycles. The molecule has 0 aliphatic rings. The number of benzene rings is 1. The number of fused-ring (bicyclic) bond motifs is 1. The van der Waals surface area contributed by atoms with Crippen LogP contribution in [0.2, 0.25) is 0 Å². The van der Waals surface area contributed by atoms with E-state index in [4.69, 9.17) is 4.42 Å². The summed E-state index contributed by atoms with van der Waals surface area (Å²) in [6, 6.07) is 9.49. The molecular formula is C13H14F3NO. The summed E-state index contributed by atoms with van der Waals surface area (Å²) in [4.78, 5) is 0. The molecule has 2 aromatic rings. The van der Waals surface area contributed by atoms with Crippen molar-refractivity contribution in [2.24, 2.45) is 0 Å². The normalized spacial score (nSPS) is 12.2. The predicted molar refractivity (Wildman–Crippen MR) is 63.2 cm³/mol. The van der Waals surface area contributed by atoms with Crippen molar-refractivity contribution in [1.82, 2.24) is 5.32 Å². The van der Waals surface area contributed by atoms with Crippen LogP contribution in [0, 0.1) is 0 Å². The molecule has 1 aromatic heterocycles. The number of hydrogen-bond acceptors (Lipinski definition) is 2. The zero-order valence-corrected chi connectivity index (χ0v) is 9.76. The topological polar surface area (TPSA) is 25.2 Å². The monoisotopic (exact) mass is 257 g/mol. The van der Waals surface area contributed by atoms with Gasteiger partial charge in [0.05, 0.1) is 6.54 Å². The molecule has 5 heteroatoms. The molecule has 1 aromatic carbocycles. The largest absolute Gasteiger partial charge is 0.460 e. The number of halogens is 3. The number of hydrogen-bond donors (Lipinski definition) is 1. The summed E-state index contributed by atoms with van der Waals surface area (Å²) in [5.41, 5.74) is 0.796. The zero-order chi connectivity index (χ0) is 13.0. The second kappa shape index (κ2) is 5.44. The molecule has 2 rings (SSSR count). The molecule has 0 aliphatic carbocycles. The molecule has 0 unspecified atom stereocenters. The number of rotatable bonds is 5. The maximum Gasteiger partial charge on any atom is 0.389 e. The molecule has 18 heavy (non-hydrogen) atoms. The third-order valence-electron chi connectivity index (χ3n) is 2.59. The zero-order valence-electron chi connectivity index (χ0n) is 9.76. The first-order chi connectivity index (χ1) is 8.54. The predicted octanol–water partition coefficient (Wildman–Crippen LogP) is 3.86. The minimum absolute atomic E-state index is 0.0870. The molecule has 1 N–H and O–H groups in total. The lowest BCUT2D eigenvalue weighted by molar-refractivity contribution is -0.135. The van der Waals surface area contributed by atoms with Gasteiger partial charge in [0.25, 0.3) is 0 Å². The molecule has 0 amide bonds. The van der Waals surface area contributed by atoms with E-state index in [0.717, 1.165) is 16.7 Å². The Bertz CT molecular complexity index is 471. The van der Waals surface area contributed by atoms with Crippen molar-refractivity contribution < 1.29 is 17.6 Å². The lowest BCUT2D eigenvalue weighted by Crippen LogP contribution is -2.17. The molecule has 0 radical (unpaired) electrons. The SMILES string of the molecule is FC(F)(F)CCCNCc1cc2ccccc2o1. The first-order valence-corrected chi connectivity index (χ1v) is 5.79. The van der Waals surface area contributed by atoms with Gasteiger partial charge in [-0.15, -0.1) is 0 Å². The van der Waals surface area contributed by atoms with E-state index in [0.29, 0.717) is 13.1 Å². The summed E-state index contributed by atoms with van der Waals surface area (Å²) in [7, 11) is 0. The number of para-hydroxylation sites is 1. The van der Waals surface area contributed by atoms with Crippen molar-refractivity contribution >= 4 is 11.0 Å².